The molecule has 0 aromatic heterocycles. The van der Waals surface area contributed by atoms with Gasteiger partial charge in [-0.25, -0.2) is 0 Å². The van der Waals surface area contributed by atoms with Crippen molar-refractivity contribution >= 4 is 19.8 Å². The van der Waals surface area contributed by atoms with Crippen LogP contribution in [0.3, 0.4) is 0 Å². The van der Waals surface area contributed by atoms with E-state index >= 15 is 0 Å². The van der Waals surface area contributed by atoms with Crippen LogP contribution in [-0.4, -0.2) is 19.1 Å². The van der Waals surface area contributed by atoms with Gasteiger partial charge < -0.3 is 0 Å². The second kappa shape index (κ2) is 4.45. The van der Waals surface area contributed by atoms with Crippen LogP contribution >= 0.6 is 11.8 Å². The van der Waals surface area contributed by atoms with Gasteiger partial charge in [0.15, 0.2) is 0 Å². The number of rotatable bonds is 4. The first kappa shape index (κ1) is 10.6. The van der Waals surface area contributed by atoms with Gasteiger partial charge in [0.2, 0.25) is 0 Å². The molecule has 10 heavy (non-hydrogen) atoms. The molecule has 0 aliphatic carbocycles. The van der Waals surface area contributed by atoms with E-state index in [9.17, 15) is 0 Å². The Balaban J connectivity index is 3.21. The van der Waals surface area contributed by atoms with Crippen molar-refractivity contribution in [1.29, 1.82) is 0 Å². The van der Waals surface area contributed by atoms with Crippen molar-refractivity contribution in [3.05, 3.63) is 0 Å². The average molecular weight is 176 g/mol. The van der Waals surface area contributed by atoms with Crippen molar-refractivity contribution in [2.24, 2.45) is 0 Å². The Morgan fingerprint density at radius 3 is 2.00 bits per heavy atom. The van der Waals surface area contributed by atoms with Crippen molar-refractivity contribution in [2.75, 3.05) is 5.75 Å². The van der Waals surface area contributed by atoms with Crippen molar-refractivity contribution in [2.45, 2.75) is 44.8 Å². The number of hydrogen-bond donors (Lipinski definition) is 0. The highest BCUT2D eigenvalue weighted by Crippen LogP contribution is 2.16. The van der Waals surface area contributed by atoms with Crippen LogP contribution in [0.4, 0.5) is 0 Å². The van der Waals surface area contributed by atoms with Gasteiger partial charge in [-0.15, -0.1) is 0 Å². The Bertz CT molecular complexity index is 83.7. The van der Waals surface area contributed by atoms with E-state index in [1.165, 1.54) is 11.8 Å². The van der Waals surface area contributed by atoms with Gasteiger partial charge in [0.25, 0.3) is 0 Å². The highest BCUT2D eigenvalue weighted by molar-refractivity contribution is 7.99. The normalized spacial score (nSPS) is 12.6. The molecule has 0 radical (unpaired) electrons. The number of hydrogen-bond acceptors (Lipinski definition) is 1. The predicted molar refractivity (Wildman–Crippen MR) is 55.7 cm³/mol. The van der Waals surface area contributed by atoms with Gasteiger partial charge in [0, 0.05) is 8.07 Å². The molecule has 2 heteroatoms. The lowest BCUT2D eigenvalue weighted by molar-refractivity contribution is 1.11. The minimum Gasteiger partial charge on any atom is -0.159 e. The fourth-order valence-electron chi connectivity index (χ4n) is 0.601. The van der Waals surface area contributed by atoms with Crippen molar-refractivity contribution in [3.63, 3.8) is 0 Å². The third-order valence-corrected chi connectivity index (χ3v) is 4.52. The maximum Gasteiger partial charge on any atom is 0.0450 e. The van der Waals surface area contributed by atoms with Crippen LogP contribution < -0.4 is 0 Å². The predicted octanol–water partition coefficient (Wildman–Crippen LogP) is 3.47. The molecule has 0 aliphatic rings. The molecule has 0 heterocycles. The van der Waals surface area contributed by atoms with Crippen LogP contribution in [0.15, 0.2) is 0 Å². The molecule has 0 bridgehead atoms. The molecular formula is C8H20SSi. The summed E-state index contributed by atoms with van der Waals surface area (Å²) in [7, 11) is -0.745. The van der Waals surface area contributed by atoms with Gasteiger partial charge in [0.1, 0.15) is 0 Å². The van der Waals surface area contributed by atoms with Crippen LogP contribution in [0.25, 0.3) is 0 Å². The standard InChI is InChI=1S/C8H20SSi/c1-8(2)9-6-7-10(3,4)5/h8H,6-7H2,1-5H3. The zero-order valence-electron chi connectivity index (χ0n) is 7.90. The van der Waals surface area contributed by atoms with Crippen molar-refractivity contribution in [1.82, 2.24) is 0 Å². The second-order valence-electron chi connectivity index (χ2n) is 4.23. The molecule has 62 valence electrons. The summed E-state index contributed by atoms with van der Waals surface area (Å²) in [4.78, 5) is 0. The fraction of sp³-hybridized carbons (Fsp3) is 1.00. The summed E-state index contributed by atoms with van der Waals surface area (Å²) in [6, 6.07) is 1.47. The summed E-state index contributed by atoms with van der Waals surface area (Å²) in [5.74, 6) is 1.37. The summed E-state index contributed by atoms with van der Waals surface area (Å²) >= 11 is 2.09. The Hall–Kier alpha value is 0.567. The summed E-state index contributed by atoms with van der Waals surface area (Å²) in [6.07, 6.45) is 0. The molecule has 0 aromatic carbocycles. The Kier molecular flexibility index (Phi) is 4.70. The highest BCUT2D eigenvalue weighted by Gasteiger charge is 2.11. The third-order valence-electron chi connectivity index (χ3n) is 1.30. The van der Waals surface area contributed by atoms with E-state index in [1.54, 1.807) is 0 Å². The highest BCUT2D eigenvalue weighted by atomic mass is 32.2. The zero-order chi connectivity index (χ0) is 8.20. The molecule has 0 amide bonds. The maximum atomic E-state index is 2.44. The van der Waals surface area contributed by atoms with Crippen LogP contribution in [0.1, 0.15) is 13.8 Å². The van der Waals surface area contributed by atoms with Crippen LogP contribution in [0.2, 0.25) is 25.7 Å². The minimum absolute atomic E-state index is 0.745. The van der Waals surface area contributed by atoms with Gasteiger partial charge in [-0.2, -0.15) is 11.8 Å². The summed E-state index contributed by atoms with van der Waals surface area (Å²) in [5.41, 5.74) is 0. The van der Waals surface area contributed by atoms with Gasteiger partial charge in [-0.1, -0.05) is 33.5 Å². The first-order valence-electron chi connectivity index (χ1n) is 4.03. The quantitative estimate of drug-likeness (QED) is 0.591. The van der Waals surface area contributed by atoms with E-state index in [4.69, 9.17) is 0 Å². The number of thioether (sulfide) groups is 1. The first-order chi connectivity index (χ1) is 4.42. The van der Waals surface area contributed by atoms with Crippen molar-refractivity contribution in [3.8, 4) is 0 Å². The molecule has 0 nitrogen and oxygen atoms in total. The largest absolute Gasteiger partial charge is 0.159 e. The molecule has 0 atom stereocenters. The monoisotopic (exact) mass is 176 g/mol. The Labute approximate surface area is 70.8 Å². The first-order valence-corrected chi connectivity index (χ1v) is 8.79. The van der Waals surface area contributed by atoms with E-state index in [-0.39, 0.29) is 0 Å². The van der Waals surface area contributed by atoms with Gasteiger partial charge >= 0.3 is 0 Å². The van der Waals surface area contributed by atoms with E-state index in [0.29, 0.717) is 0 Å². The molecule has 0 aliphatic heterocycles. The smallest absolute Gasteiger partial charge is 0.0450 e. The second-order valence-corrected chi connectivity index (χ2v) is 11.5. The molecule has 0 unspecified atom stereocenters. The van der Waals surface area contributed by atoms with E-state index in [0.717, 1.165) is 5.25 Å². The molecule has 0 saturated carbocycles. The van der Waals surface area contributed by atoms with E-state index in [2.05, 4.69) is 45.3 Å². The third kappa shape index (κ3) is 8.57. The lowest BCUT2D eigenvalue weighted by Gasteiger charge is -2.15. The lowest BCUT2D eigenvalue weighted by atomic mass is 10.6. The maximum absolute atomic E-state index is 2.44. The molecule has 0 spiro atoms. The van der Waals surface area contributed by atoms with Gasteiger partial charge in [-0.05, 0) is 17.0 Å². The van der Waals surface area contributed by atoms with Crippen molar-refractivity contribution < 1.29 is 0 Å². The molecule has 0 aromatic rings. The van der Waals surface area contributed by atoms with Gasteiger partial charge in [-0.3, -0.25) is 0 Å². The van der Waals surface area contributed by atoms with E-state index in [1.807, 2.05) is 0 Å². The molecule has 0 N–H and O–H groups in total. The van der Waals surface area contributed by atoms with Crippen LogP contribution in [-0.2, 0) is 0 Å². The molecule has 0 rings (SSSR count). The van der Waals surface area contributed by atoms with Crippen LogP contribution in [0.5, 0.6) is 0 Å². The Morgan fingerprint density at radius 1 is 1.20 bits per heavy atom. The zero-order valence-corrected chi connectivity index (χ0v) is 9.72. The van der Waals surface area contributed by atoms with E-state index < -0.39 is 8.07 Å². The molecular weight excluding hydrogens is 156 g/mol. The molecule has 0 fully saturated rings. The minimum atomic E-state index is -0.745. The molecule has 0 saturated heterocycles. The topological polar surface area (TPSA) is 0 Å². The average Bonchev–Trinajstić information content (AvgIpc) is 1.59. The Morgan fingerprint density at radius 2 is 1.70 bits per heavy atom. The SMILES string of the molecule is CC(C)SCC[Si](C)(C)C. The lowest BCUT2D eigenvalue weighted by Crippen LogP contribution is -2.20. The van der Waals surface area contributed by atoms with Gasteiger partial charge in [0.05, 0.1) is 0 Å². The summed E-state index contributed by atoms with van der Waals surface area (Å²) in [6.45, 7) is 11.9. The summed E-state index contributed by atoms with van der Waals surface area (Å²) < 4.78 is 0. The fourth-order valence-corrected chi connectivity index (χ4v) is 3.99. The summed E-state index contributed by atoms with van der Waals surface area (Å²) in [5, 5.41) is 0.816. The van der Waals surface area contributed by atoms with Crippen LogP contribution in [0, 0.1) is 0 Å².